The highest BCUT2D eigenvalue weighted by Crippen LogP contribution is 2.39. The standard InChI is InChI=1S/C16H22O2/c17-16(10-3-4-11-16)13-6-5-9-15(12-13)18-14-7-1-2-8-14/h5-6,9,12,14,17H,1-4,7-8,10-11H2. The van der Waals surface area contributed by atoms with Crippen LogP contribution in [-0.2, 0) is 5.60 Å². The molecule has 1 aromatic carbocycles. The molecule has 98 valence electrons. The fraction of sp³-hybridized carbons (Fsp3) is 0.625. The van der Waals surface area contributed by atoms with Crippen LogP contribution in [0.4, 0.5) is 0 Å². The Kier molecular flexibility index (Phi) is 3.29. The molecular formula is C16H22O2. The summed E-state index contributed by atoms with van der Waals surface area (Å²) >= 11 is 0. The van der Waals surface area contributed by atoms with E-state index in [9.17, 15) is 5.11 Å². The Morgan fingerprint density at radius 1 is 1.06 bits per heavy atom. The maximum Gasteiger partial charge on any atom is 0.120 e. The maximum atomic E-state index is 10.6. The molecule has 2 aliphatic carbocycles. The first-order valence-corrected chi connectivity index (χ1v) is 7.26. The van der Waals surface area contributed by atoms with Crippen LogP contribution in [0.15, 0.2) is 24.3 Å². The molecule has 2 heteroatoms. The van der Waals surface area contributed by atoms with Crippen LogP contribution in [0.2, 0.25) is 0 Å². The number of hydrogen-bond donors (Lipinski definition) is 1. The number of rotatable bonds is 3. The minimum Gasteiger partial charge on any atom is -0.490 e. The smallest absolute Gasteiger partial charge is 0.120 e. The monoisotopic (exact) mass is 246 g/mol. The van der Waals surface area contributed by atoms with Crippen molar-refractivity contribution in [2.75, 3.05) is 0 Å². The van der Waals surface area contributed by atoms with Crippen molar-refractivity contribution >= 4 is 0 Å². The molecule has 1 aromatic rings. The second-order valence-corrected chi connectivity index (χ2v) is 5.79. The molecule has 3 rings (SSSR count). The van der Waals surface area contributed by atoms with Gasteiger partial charge in [-0.25, -0.2) is 0 Å². The van der Waals surface area contributed by atoms with Crippen LogP contribution in [0.5, 0.6) is 5.75 Å². The van der Waals surface area contributed by atoms with E-state index >= 15 is 0 Å². The molecule has 2 saturated carbocycles. The van der Waals surface area contributed by atoms with E-state index in [1.54, 1.807) is 0 Å². The van der Waals surface area contributed by atoms with E-state index in [4.69, 9.17) is 4.74 Å². The SMILES string of the molecule is OC1(c2cccc(OC3CCCC3)c2)CCCC1. The third-order valence-corrected chi connectivity index (χ3v) is 4.41. The van der Waals surface area contributed by atoms with E-state index in [-0.39, 0.29) is 0 Å². The van der Waals surface area contributed by atoms with Crippen LogP contribution in [0.1, 0.15) is 56.9 Å². The Balaban J connectivity index is 1.76. The first-order valence-electron chi connectivity index (χ1n) is 7.26. The van der Waals surface area contributed by atoms with Gasteiger partial charge in [-0.2, -0.15) is 0 Å². The van der Waals surface area contributed by atoms with Gasteiger partial charge in [0.2, 0.25) is 0 Å². The maximum absolute atomic E-state index is 10.6. The third kappa shape index (κ3) is 2.39. The van der Waals surface area contributed by atoms with Gasteiger partial charge >= 0.3 is 0 Å². The van der Waals surface area contributed by atoms with Crippen molar-refractivity contribution < 1.29 is 9.84 Å². The Morgan fingerprint density at radius 2 is 1.78 bits per heavy atom. The summed E-state index contributed by atoms with van der Waals surface area (Å²) < 4.78 is 6.01. The summed E-state index contributed by atoms with van der Waals surface area (Å²) in [5.41, 5.74) is 0.435. The fourth-order valence-corrected chi connectivity index (χ4v) is 3.31. The number of hydrogen-bond acceptors (Lipinski definition) is 2. The van der Waals surface area contributed by atoms with Gasteiger partial charge in [0.05, 0.1) is 11.7 Å². The average Bonchev–Trinajstić information content (AvgIpc) is 3.02. The molecule has 0 aliphatic heterocycles. The lowest BCUT2D eigenvalue weighted by Crippen LogP contribution is -2.21. The van der Waals surface area contributed by atoms with E-state index < -0.39 is 5.60 Å². The van der Waals surface area contributed by atoms with E-state index in [0.717, 1.165) is 37.0 Å². The average molecular weight is 246 g/mol. The molecule has 0 atom stereocenters. The molecule has 0 amide bonds. The molecule has 0 heterocycles. The molecule has 0 saturated heterocycles. The van der Waals surface area contributed by atoms with Crippen LogP contribution in [0.3, 0.4) is 0 Å². The highest BCUT2D eigenvalue weighted by molar-refractivity contribution is 5.33. The molecule has 18 heavy (non-hydrogen) atoms. The molecule has 2 aliphatic rings. The predicted molar refractivity (Wildman–Crippen MR) is 71.7 cm³/mol. The van der Waals surface area contributed by atoms with Gasteiger partial charge < -0.3 is 9.84 Å². The summed E-state index contributed by atoms with van der Waals surface area (Å²) in [7, 11) is 0. The van der Waals surface area contributed by atoms with Crippen molar-refractivity contribution in [1.82, 2.24) is 0 Å². The second kappa shape index (κ2) is 4.93. The summed E-state index contributed by atoms with van der Waals surface area (Å²) in [5, 5.41) is 10.6. The Hall–Kier alpha value is -1.02. The van der Waals surface area contributed by atoms with Gasteiger partial charge in [0.15, 0.2) is 0 Å². The topological polar surface area (TPSA) is 29.5 Å². The largest absolute Gasteiger partial charge is 0.490 e. The Morgan fingerprint density at radius 3 is 2.50 bits per heavy atom. The van der Waals surface area contributed by atoms with Gasteiger partial charge in [0.1, 0.15) is 5.75 Å². The van der Waals surface area contributed by atoms with E-state index in [2.05, 4.69) is 0 Å². The fourth-order valence-electron chi connectivity index (χ4n) is 3.31. The lowest BCUT2D eigenvalue weighted by Gasteiger charge is -2.23. The van der Waals surface area contributed by atoms with Gasteiger partial charge in [0.25, 0.3) is 0 Å². The zero-order valence-corrected chi connectivity index (χ0v) is 10.9. The molecule has 0 aromatic heterocycles. The highest BCUT2D eigenvalue weighted by Gasteiger charge is 2.33. The minimum atomic E-state index is -0.602. The number of benzene rings is 1. The van der Waals surface area contributed by atoms with Crippen molar-refractivity contribution in [3.63, 3.8) is 0 Å². The van der Waals surface area contributed by atoms with Crippen LogP contribution < -0.4 is 4.74 Å². The highest BCUT2D eigenvalue weighted by atomic mass is 16.5. The first-order chi connectivity index (χ1) is 8.76. The zero-order valence-electron chi connectivity index (χ0n) is 10.9. The molecule has 2 nitrogen and oxygen atoms in total. The minimum absolute atomic E-state index is 0.387. The molecule has 2 fully saturated rings. The molecule has 0 radical (unpaired) electrons. The third-order valence-electron chi connectivity index (χ3n) is 4.41. The normalized spacial score (nSPS) is 23.4. The van der Waals surface area contributed by atoms with E-state index in [0.29, 0.717) is 6.10 Å². The quantitative estimate of drug-likeness (QED) is 0.879. The van der Waals surface area contributed by atoms with Crippen molar-refractivity contribution in [1.29, 1.82) is 0 Å². The van der Waals surface area contributed by atoms with Gasteiger partial charge in [-0.15, -0.1) is 0 Å². The summed E-state index contributed by atoms with van der Waals surface area (Å²) in [6.07, 6.45) is 9.35. The summed E-state index contributed by atoms with van der Waals surface area (Å²) in [5.74, 6) is 0.930. The lowest BCUT2D eigenvalue weighted by atomic mass is 9.92. The summed E-state index contributed by atoms with van der Waals surface area (Å²) in [6.45, 7) is 0. The van der Waals surface area contributed by atoms with Crippen molar-refractivity contribution in [2.24, 2.45) is 0 Å². The lowest BCUT2D eigenvalue weighted by molar-refractivity contribution is 0.0440. The molecule has 0 unspecified atom stereocenters. The molecular weight excluding hydrogens is 224 g/mol. The van der Waals surface area contributed by atoms with Crippen LogP contribution >= 0.6 is 0 Å². The number of ether oxygens (including phenoxy) is 1. The van der Waals surface area contributed by atoms with Crippen LogP contribution in [0.25, 0.3) is 0 Å². The van der Waals surface area contributed by atoms with Gasteiger partial charge in [0, 0.05) is 0 Å². The summed E-state index contributed by atoms with van der Waals surface area (Å²) in [6, 6.07) is 8.10. The second-order valence-electron chi connectivity index (χ2n) is 5.79. The predicted octanol–water partition coefficient (Wildman–Crippen LogP) is 3.77. The van der Waals surface area contributed by atoms with Crippen LogP contribution in [0, 0.1) is 0 Å². The molecule has 0 spiro atoms. The Labute approximate surface area is 109 Å². The van der Waals surface area contributed by atoms with Gasteiger partial charge in [-0.05, 0) is 56.2 Å². The molecule has 1 N–H and O–H groups in total. The Bertz CT molecular complexity index is 401. The molecule has 0 bridgehead atoms. The summed E-state index contributed by atoms with van der Waals surface area (Å²) in [4.78, 5) is 0. The van der Waals surface area contributed by atoms with E-state index in [1.807, 2.05) is 24.3 Å². The van der Waals surface area contributed by atoms with Crippen molar-refractivity contribution in [3.05, 3.63) is 29.8 Å². The van der Waals surface area contributed by atoms with E-state index in [1.165, 1.54) is 25.7 Å². The number of aliphatic hydroxyl groups is 1. The van der Waals surface area contributed by atoms with Crippen molar-refractivity contribution in [2.45, 2.75) is 63.1 Å². The first kappa shape index (κ1) is 12.0. The van der Waals surface area contributed by atoms with Gasteiger partial charge in [-0.1, -0.05) is 25.0 Å². The zero-order chi connectivity index (χ0) is 12.4. The van der Waals surface area contributed by atoms with Gasteiger partial charge in [-0.3, -0.25) is 0 Å². The van der Waals surface area contributed by atoms with Crippen LogP contribution in [-0.4, -0.2) is 11.2 Å². The van der Waals surface area contributed by atoms with Crippen molar-refractivity contribution in [3.8, 4) is 5.75 Å².